The molecule has 2 aromatic carbocycles. The highest BCUT2D eigenvalue weighted by molar-refractivity contribution is 9.10. The first-order valence-corrected chi connectivity index (χ1v) is 7.20. The van der Waals surface area contributed by atoms with Crippen LogP contribution in [-0.2, 0) is 0 Å². The third-order valence-corrected chi connectivity index (χ3v) is 3.97. The lowest BCUT2D eigenvalue weighted by Crippen LogP contribution is -2.20. The first-order chi connectivity index (χ1) is 10.2. The number of rotatable bonds is 2. The van der Waals surface area contributed by atoms with Crippen molar-refractivity contribution in [2.24, 2.45) is 5.10 Å². The maximum atomic E-state index is 12.1. The average Bonchev–Trinajstić information content (AvgIpc) is 2.82. The zero-order chi connectivity index (χ0) is 14.8. The second-order valence-electron chi connectivity index (χ2n) is 4.62. The smallest absolute Gasteiger partial charge is 0.272 e. The van der Waals surface area contributed by atoms with Gasteiger partial charge in [0.25, 0.3) is 5.91 Å². The number of nitrogens with zero attached hydrogens (tertiary/aromatic N) is 1. The largest absolute Gasteiger partial charge is 0.294 e. The number of hydrogen-bond acceptors (Lipinski definition) is 3. The number of ketones is 1. The van der Waals surface area contributed by atoms with Crippen LogP contribution in [0.5, 0.6) is 0 Å². The number of carbonyl (C=O) groups is 2. The molecular weight excluding hydrogens is 332 g/mol. The van der Waals surface area contributed by atoms with E-state index in [2.05, 4.69) is 26.5 Å². The van der Waals surface area contributed by atoms with Crippen LogP contribution >= 0.6 is 15.9 Å². The molecule has 1 aliphatic rings. The van der Waals surface area contributed by atoms with E-state index in [4.69, 9.17) is 0 Å². The number of amides is 1. The zero-order valence-corrected chi connectivity index (χ0v) is 12.6. The van der Waals surface area contributed by atoms with Gasteiger partial charge in [-0.2, -0.15) is 5.10 Å². The fraction of sp³-hybridized carbons (Fsp3) is 0.0625. The molecule has 1 N–H and O–H groups in total. The third-order valence-electron chi connectivity index (χ3n) is 3.28. The van der Waals surface area contributed by atoms with Crippen LogP contribution in [0.15, 0.2) is 58.1 Å². The van der Waals surface area contributed by atoms with Gasteiger partial charge in [-0.25, -0.2) is 5.43 Å². The van der Waals surface area contributed by atoms with Crippen molar-refractivity contribution in [3.8, 4) is 0 Å². The molecule has 0 aromatic heterocycles. The van der Waals surface area contributed by atoms with Crippen LogP contribution in [0.2, 0.25) is 0 Å². The number of hydrogen-bond donors (Lipinski definition) is 1. The molecule has 0 aliphatic heterocycles. The van der Waals surface area contributed by atoms with Gasteiger partial charge >= 0.3 is 0 Å². The van der Waals surface area contributed by atoms with Gasteiger partial charge in [0, 0.05) is 15.6 Å². The third kappa shape index (κ3) is 2.64. The van der Waals surface area contributed by atoms with Crippen LogP contribution in [-0.4, -0.2) is 17.4 Å². The Hall–Kier alpha value is -2.27. The molecule has 1 amide bonds. The first-order valence-electron chi connectivity index (χ1n) is 6.41. The predicted octanol–water partition coefficient (Wildman–Crippen LogP) is 3.17. The highest BCUT2D eigenvalue weighted by atomic mass is 79.9. The van der Waals surface area contributed by atoms with Crippen molar-refractivity contribution < 1.29 is 9.59 Å². The van der Waals surface area contributed by atoms with Crippen LogP contribution in [0.1, 0.15) is 32.7 Å². The Morgan fingerprint density at radius 3 is 2.48 bits per heavy atom. The highest BCUT2D eigenvalue weighted by Crippen LogP contribution is 2.22. The van der Waals surface area contributed by atoms with Crippen LogP contribution in [0.4, 0.5) is 0 Å². The topological polar surface area (TPSA) is 58.5 Å². The van der Waals surface area contributed by atoms with E-state index in [0.29, 0.717) is 21.3 Å². The van der Waals surface area contributed by atoms with Crippen LogP contribution in [0, 0.1) is 0 Å². The summed E-state index contributed by atoms with van der Waals surface area (Å²) in [7, 11) is 0. The van der Waals surface area contributed by atoms with Crippen molar-refractivity contribution in [1.29, 1.82) is 0 Å². The van der Waals surface area contributed by atoms with Gasteiger partial charge in [-0.15, -0.1) is 0 Å². The van der Waals surface area contributed by atoms with Crippen molar-refractivity contribution in [3.05, 3.63) is 69.7 Å². The molecule has 104 valence electrons. The van der Waals surface area contributed by atoms with Gasteiger partial charge in [-0.1, -0.05) is 36.4 Å². The minimum Gasteiger partial charge on any atom is -0.294 e. The quantitative estimate of drug-likeness (QED) is 0.852. The molecule has 0 bridgehead atoms. The molecule has 0 heterocycles. The van der Waals surface area contributed by atoms with E-state index < -0.39 is 0 Å². The molecule has 0 saturated heterocycles. The Balaban J connectivity index is 1.84. The lowest BCUT2D eigenvalue weighted by atomic mass is 10.1. The number of benzene rings is 2. The molecular formula is C16H11BrN2O2. The van der Waals surface area contributed by atoms with Gasteiger partial charge in [0.05, 0.1) is 17.7 Å². The number of Topliss-reactive ketones (excluding diaryl/α,β-unsaturated/α-hetero) is 1. The summed E-state index contributed by atoms with van der Waals surface area (Å²) in [6.45, 7) is 0. The van der Waals surface area contributed by atoms with Crippen LogP contribution < -0.4 is 5.43 Å². The van der Waals surface area contributed by atoms with Crippen molar-refractivity contribution in [1.82, 2.24) is 5.43 Å². The summed E-state index contributed by atoms with van der Waals surface area (Å²) in [6, 6.07) is 14.4. The van der Waals surface area contributed by atoms with Gasteiger partial charge in [-0.05, 0) is 28.1 Å². The normalized spacial score (nSPS) is 15.1. The molecule has 4 nitrogen and oxygen atoms in total. The average molecular weight is 343 g/mol. The van der Waals surface area contributed by atoms with Crippen molar-refractivity contribution in [3.63, 3.8) is 0 Å². The maximum absolute atomic E-state index is 12.1. The fourth-order valence-corrected chi connectivity index (χ4v) is 2.71. The Labute approximate surface area is 130 Å². The number of halogens is 1. The summed E-state index contributed by atoms with van der Waals surface area (Å²) in [4.78, 5) is 23.9. The second kappa shape index (κ2) is 5.61. The maximum Gasteiger partial charge on any atom is 0.272 e. The summed E-state index contributed by atoms with van der Waals surface area (Å²) in [5.41, 5.74) is 5.05. The molecule has 0 radical (unpaired) electrons. The van der Waals surface area contributed by atoms with E-state index in [0.717, 1.165) is 5.56 Å². The fourth-order valence-electron chi connectivity index (χ4n) is 2.24. The van der Waals surface area contributed by atoms with Gasteiger partial charge < -0.3 is 0 Å². The van der Waals surface area contributed by atoms with Crippen molar-refractivity contribution in [2.75, 3.05) is 0 Å². The number of nitrogens with one attached hydrogen (secondary N) is 1. The van der Waals surface area contributed by atoms with E-state index in [1.54, 1.807) is 24.3 Å². The van der Waals surface area contributed by atoms with Crippen molar-refractivity contribution >= 4 is 33.3 Å². The van der Waals surface area contributed by atoms with E-state index in [1.165, 1.54) is 0 Å². The molecule has 21 heavy (non-hydrogen) atoms. The highest BCUT2D eigenvalue weighted by Gasteiger charge is 2.25. The van der Waals surface area contributed by atoms with Crippen molar-refractivity contribution in [2.45, 2.75) is 6.42 Å². The monoisotopic (exact) mass is 342 g/mol. The molecule has 0 spiro atoms. The Bertz CT molecular complexity index is 768. The standard InChI is InChI=1S/C16H11BrN2O2/c17-13-8-4-3-7-12(13)16(21)19-18-14-9-15(20)11-6-2-1-5-10(11)14/h1-8H,9H2,(H,19,21)/b18-14+. The summed E-state index contributed by atoms with van der Waals surface area (Å²) in [5, 5.41) is 4.11. The summed E-state index contributed by atoms with van der Waals surface area (Å²) < 4.78 is 0.700. The second-order valence-corrected chi connectivity index (χ2v) is 5.48. The van der Waals surface area contributed by atoms with Crippen LogP contribution in [0.25, 0.3) is 0 Å². The molecule has 3 rings (SSSR count). The molecule has 0 atom stereocenters. The lowest BCUT2D eigenvalue weighted by molar-refractivity contribution is 0.0951. The Morgan fingerprint density at radius 1 is 1.05 bits per heavy atom. The van der Waals surface area contributed by atoms with E-state index >= 15 is 0 Å². The number of hydrazone groups is 1. The van der Waals surface area contributed by atoms with E-state index in [1.807, 2.05) is 24.3 Å². The zero-order valence-electron chi connectivity index (χ0n) is 11.0. The van der Waals surface area contributed by atoms with Gasteiger partial charge in [0.2, 0.25) is 0 Å². The molecule has 2 aromatic rings. The molecule has 0 unspecified atom stereocenters. The Morgan fingerprint density at radius 2 is 1.71 bits per heavy atom. The number of fused-ring (bicyclic) bond motifs is 1. The number of carbonyl (C=O) groups excluding carboxylic acids is 2. The minimum absolute atomic E-state index is 0.0273. The van der Waals surface area contributed by atoms with Gasteiger partial charge in [0.1, 0.15) is 0 Å². The minimum atomic E-state index is -0.313. The van der Waals surface area contributed by atoms with Crippen LogP contribution in [0.3, 0.4) is 0 Å². The lowest BCUT2D eigenvalue weighted by Gasteiger charge is -2.03. The molecule has 1 aliphatic carbocycles. The summed E-state index contributed by atoms with van der Waals surface area (Å²) >= 11 is 3.32. The molecule has 5 heteroatoms. The molecule has 0 saturated carbocycles. The summed E-state index contributed by atoms with van der Waals surface area (Å²) in [6.07, 6.45) is 0.218. The summed E-state index contributed by atoms with van der Waals surface area (Å²) in [5.74, 6) is -0.286. The van der Waals surface area contributed by atoms with Gasteiger partial charge in [-0.3, -0.25) is 9.59 Å². The Kier molecular flexibility index (Phi) is 3.66. The molecule has 0 fully saturated rings. The van der Waals surface area contributed by atoms with E-state index in [-0.39, 0.29) is 18.1 Å². The SMILES string of the molecule is O=C(N/N=C1\CC(=O)c2ccccc21)c1ccccc1Br. The predicted molar refractivity (Wildman–Crippen MR) is 83.5 cm³/mol. The van der Waals surface area contributed by atoms with Gasteiger partial charge in [0.15, 0.2) is 5.78 Å². The first kappa shape index (κ1) is 13.7. The van der Waals surface area contributed by atoms with E-state index in [9.17, 15) is 9.59 Å².